The first-order valence-corrected chi connectivity index (χ1v) is 10.6. The molecule has 0 radical (unpaired) electrons. The van der Waals surface area contributed by atoms with Gasteiger partial charge in [-0.05, 0) is 11.6 Å². The molecule has 0 aliphatic carbocycles. The van der Waals surface area contributed by atoms with E-state index in [1.54, 1.807) is 0 Å². The molecule has 4 heterocycles. The van der Waals surface area contributed by atoms with Crippen molar-refractivity contribution in [3.63, 3.8) is 0 Å². The average molecular weight is 408 g/mol. The molecule has 0 saturated carbocycles. The zero-order valence-electron chi connectivity index (χ0n) is 16.0. The number of aromatic amines is 1. The lowest BCUT2D eigenvalue weighted by Gasteiger charge is -2.32. The molecule has 3 atom stereocenters. The van der Waals surface area contributed by atoms with E-state index in [0.717, 1.165) is 40.1 Å². The SMILES string of the molecule is O=C1C[C@H]2N(Cc3[nH]c4ccccc4c3Cl)CC[C@]23O[C@@H](c2ccccc2)CN13. The van der Waals surface area contributed by atoms with E-state index in [1.165, 1.54) is 0 Å². The van der Waals surface area contributed by atoms with Crippen molar-refractivity contribution in [3.8, 4) is 0 Å². The number of likely N-dealkylation sites (tertiary alicyclic amines) is 1. The number of hydrogen-bond acceptors (Lipinski definition) is 3. The van der Waals surface area contributed by atoms with Crippen LogP contribution in [0.4, 0.5) is 0 Å². The second-order valence-corrected chi connectivity index (χ2v) is 8.65. The fourth-order valence-electron chi connectivity index (χ4n) is 5.41. The number of ether oxygens (including phenoxy) is 1. The Kier molecular flexibility index (Phi) is 3.82. The molecule has 3 aromatic rings. The van der Waals surface area contributed by atoms with Crippen molar-refractivity contribution in [1.82, 2.24) is 14.8 Å². The van der Waals surface area contributed by atoms with Gasteiger partial charge in [-0.2, -0.15) is 0 Å². The van der Waals surface area contributed by atoms with Crippen molar-refractivity contribution in [2.24, 2.45) is 0 Å². The molecule has 1 amide bonds. The number of amides is 1. The number of rotatable bonds is 3. The van der Waals surface area contributed by atoms with E-state index in [2.05, 4.69) is 22.0 Å². The number of nitrogens with zero attached hydrogens (tertiary/aromatic N) is 2. The van der Waals surface area contributed by atoms with Crippen LogP contribution >= 0.6 is 11.6 Å². The number of carbonyl (C=O) groups is 1. The minimum absolute atomic E-state index is 0.0560. The maximum atomic E-state index is 12.8. The molecule has 1 aromatic heterocycles. The van der Waals surface area contributed by atoms with Crippen LogP contribution in [-0.4, -0.2) is 45.5 Å². The molecule has 3 aliphatic heterocycles. The highest BCUT2D eigenvalue weighted by Gasteiger charge is 2.63. The van der Waals surface area contributed by atoms with E-state index >= 15 is 0 Å². The second kappa shape index (κ2) is 6.33. The molecule has 1 spiro atoms. The van der Waals surface area contributed by atoms with Crippen LogP contribution < -0.4 is 0 Å². The number of hydrogen-bond donors (Lipinski definition) is 1. The maximum Gasteiger partial charge on any atom is 0.226 e. The average Bonchev–Trinajstić information content (AvgIpc) is 3.45. The normalized spacial score (nSPS) is 29.0. The minimum atomic E-state index is -0.504. The van der Waals surface area contributed by atoms with Crippen LogP contribution in [0.3, 0.4) is 0 Å². The number of fused-ring (bicyclic) bond motifs is 1. The summed E-state index contributed by atoms with van der Waals surface area (Å²) in [5.74, 6) is 0.195. The molecular formula is C23H22ClN3O2. The van der Waals surface area contributed by atoms with E-state index in [0.29, 0.717) is 19.5 Å². The van der Waals surface area contributed by atoms with Gasteiger partial charge < -0.3 is 14.6 Å². The quantitative estimate of drug-likeness (QED) is 0.711. The highest BCUT2D eigenvalue weighted by Crippen LogP contribution is 2.51. The van der Waals surface area contributed by atoms with Gasteiger partial charge in [0.05, 0.1) is 17.6 Å². The molecule has 6 rings (SSSR count). The summed E-state index contributed by atoms with van der Waals surface area (Å²) in [5.41, 5.74) is 2.69. The molecule has 0 bridgehead atoms. The summed E-state index contributed by atoms with van der Waals surface area (Å²) in [4.78, 5) is 20.6. The Labute approximate surface area is 174 Å². The Balaban J connectivity index is 1.29. The van der Waals surface area contributed by atoms with Crippen LogP contribution in [0.15, 0.2) is 54.6 Å². The molecule has 2 aromatic carbocycles. The van der Waals surface area contributed by atoms with Gasteiger partial charge in [0.1, 0.15) is 6.10 Å². The number of nitrogens with one attached hydrogen (secondary N) is 1. The first-order chi connectivity index (χ1) is 14.2. The summed E-state index contributed by atoms with van der Waals surface area (Å²) >= 11 is 6.65. The molecule has 3 saturated heterocycles. The van der Waals surface area contributed by atoms with Crippen molar-refractivity contribution in [2.75, 3.05) is 13.1 Å². The number of benzene rings is 2. The third kappa shape index (κ3) is 2.51. The van der Waals surface area contributed by atoms with Gasteiger partial charge in [0, 0.05) is 42.5 Å². The molecule has 3 aliphatic rings. The first-order valence-electron chi connectivity index (χ1n) is 10.2. The van der Waals surface area contributed by atoms with Crippen LogP contribution in [0.25, 0.3) is 10.9 Å². The van der Waals surface area contributed by atoms with E-state index in [-0.39, 0.29) is 18.1 Å². The Morgan fingerprint density at radius 2 is 1.93 bits per heavy atom. The van der Waals surface area contributed by atoms with Crippen molar-refractivity contribution >= 4 is 28.4 Å². The zero-order chi connectivity index (χ0) is 19.6. The van der Waals surface area contributed by atoms with Gasteiger partial charge in [0.15, 0.2) is 5.72 Å². The molecule has 3 fully saturated rings. The van der Waals surface area contributed by atoms with Crippen LogP contribution in [0.2, 0.25) is 5.02 Å². The minimum Gasteiger partial charge on any atom is -0.356 e. The predicted molar refractivity (Wildman–Crippen MR) is 111 cm³/mol. The lowest BCUT2D eigenvalue weighted by Crippen LogP contribution is -2.47. The van der Waals surface area contributed by atoms with Crippen molar-refractivity contribution in [3.05, 3.63) is 70.9 Å². The van der Waals surface area contributed by atoms with Crippen LogP contribution in [-0.2, 0) is 16.1 Å². The third-order valence-corrected chi connectivity index (χ3v) is 7.22. The molecule has 148 valence electrons. The highest BCUT2D eigenvalue weighted by molar-refractivity contribution is 6.36. The summed E-state index contributed by atoms with van der Waals surface area (Å²) in [7, 11) is 0. The van der Waals surface area contributed by atoms with Crippen molar-refractivity contribution in [1.29, 1.82) is 0 Å². The molecule has 1 N–H and O–H groups in total. The maximum absolute atomic E-state index is 12.8. The standard InChI is InChI=1S/C23H22ClN3O2/c24-22-16-8-4-5-9-17(16)25-18(22)13-26-11-10-23-20(26)12-21(28)27(23)14-19(29-23)15-6-2-1-3-7-15/h1-9,19-20,25H,10-14H2/t19-,20-,23+/m1/s1. The molecular weight excluding hydrogens is 386 g/mol. The predicted octanol–water partition coefficient (Wildman–Crippen LogP) is 4.10. The molecule has 5 nitrogen and oxygen atoms in total. The van der Waals surface area contributed by atoms with Crippen molar-refractivity contribution in [2.45, 2.75) is 37.3 Å². The van der Waals surface area contributed by atoms with Crippen LogP contribution in [0, 0.1) is 0 Å². The highest BCUT2D eigenvalue weighted by atomic mass is 35.5. The number of aromatic nitrogens is 1. The number of carbonyl (C=O) groups excluding carboxylic acids is 1. The van der Waals surface area contributed by atoms with E-state index < -0.39 is 5.72 Å². The lowest BCUT2D eigenvalue weighted by atomic mass is 10.1. The molecule has 29 heavy (non-hydrogen) atoms. The van der Waals surface area contributed by atoms with Gasteiger partial charge in [-0.1, -0.05) is 60.1 Å². The Morgan fingerprint density at radius 3 is 2.76 bits per heavy atom. The van der Waals surface area contributed by atoms with Gasteiger partial charge in [-0.15, -0.1) is 0 Å². The number of H-pyrrole nitrogens is 1. The second-order valence-electron chi connectivity index (χ2n) is 8.27. The van der Waals surface area contributed by atoms with Crippen LogP contribution in [0.5, 0.6) is 0 Å². The summed E-state index contributed by atoms with van der Waals surface area (Å²) in [6, 6.07) is 18.4. The first kappa shape index (κ1) is 17.5. The summed E-state index contributed by atoms with van der Waals surface area (Å²) < 4.78 is 6.63. The van der Waals surface area contributed by atoms with Gasteiger partial charge >= 0.3 is 0 Å². The fourth-order valence-corrected chi connectivity index (χ4v) is 5.69. The van der Waals surface area contributed by atoms with Gasteiger partial charge in [0.2, 0.25) is 5.91 Å². The topological polar surface area (TPSA) is 48.6 Å². The largest absolute Gasteiger partial charge is 0.356 e. The summed E-state index contributed by atoms with van der Waals surface area (Å²) in [6.45, 7) is 2.22. The lowest BCUT2D eigenvalue weighted by molar-refractivity contribution is -0.138. The summed E-state index contributed by atoms with van der Waals surface area (Å²) in [6.07, 6.45) is 1.30. The Hall–Kier alpha value is -2.34. The molecule has 6 heteroatoms. The Bertz CT molecular complexity index is 1100. The van der Waals surface area contributed by atoms with E-state index in [1.807, 2.05) is 47.4 Å². The third-order valence-electron chi connectivity index (χ3n) is 6.79. The molecule has 0 unspecified atom stereocenters. The van der Waals surface area contributed by atoms with Crippen LogP contribution in [0.1, 0.15) is 30.2 Å². The number of halogens is 1. The van der Waals surface area contributed by atoms with Gasteiger partial charge in [0.25, 0.3) is 0 Å². The van der Waals surface area contributed by atoms with E-state index in [9.17, 15) is 4.79 Å². The Morgan fingerprint density at radius 1 is 1.14 bits per heavy atom. The van der Waals surface area contributed by atoms with Gasteiger partial charge in [-0.25, -0.2) is 0 Å². The van der Waals surface area contributed by atoms with E-state index in [4.69, 9.17) is 16.3 Å². The monoisotopic (exact) mass is 407 g/mol. The smallest absolute Gasteiger partial charge is 0.226 e. The number of para-hydroxylation sites is 1. The van der Waals surface area contributed by atoms with Gasteiger partial charge in [-0.3, -0.25) is 9.69 Å². The summed E-state index contributed by atoms with van der Waals surface area (Å²) in [5, 5.41) is 1.82. The van der Waals surface area contributed by atoms with Crippen molar-refractivity contribution < 1.29 is 9.53 Å². The fraction of sp³-hybridized carbons (Fsp3) is 0.348. The zero-order valence-corrected chi connectivity index (χ0v) is 16.7.